The number of carboxylic acid groups (broad SMARTS) is 1. The van der Waals surface area contributed by atoms with Gasteiger partial charge in [-0.2, -0.15) is 10.4 Å². The number of ether oxygens (including phenoxy) is 1. The van der Waals surface area contributed by atoms with Crippen LogP contribution in [0.1, 0.15) is 22.5 Å². The summed E-state index contributed by atoms with van der Waals surface area (Å²) in [5, 5.41) is 22.1. The Kier molecular flexibility index (Phi) is 5.33. The van der Waals surface area contributed by atoms with E-state index in [1.807, 2.05) is 4.90 Å². The highest BCUT2D eigenvalue weighted by Crippen LogP contribution is 2.23. The number of nitrogens with zero attached hydrogens (tertiary/aromatic N) is 4. The lowest BCUT2D eigenvalue weighted by molar-refractivity contribution is 0.0696. The van der Waals surface area contributed by atoms with Gasteiger partial charge >= 0.3 is 5.97 Å². The normalized spacial score (nSPS) is 10.2. The zero-order chi connectivity index (χ0) is 14.4. The van der Waals surface area contributed by atoms with Gasteiger partial charge in [0.05, 0.1) is 24.8 Å². The molecule has 0 bridgehead atoms. The molecule has 0 aliphatic rings. The van der Waals surface area contributed by atoms with Crippen molar-refractivity contribution >= 4 is 11.8 Å². The van der Waals surface area contributed by atoms with Crippen LogP contribution in [-0.2, 0) is 11.8 Å². The SMILES string of the molecule is COCCN(CCC#N)c1c(C(=O)O)c(C)nn1C. The minimum Gasteiger partial charge on any atom is -0.477 e. The molecule has 0 fully saturated rings. The van der Waals surface area contributed by atoms with Crippen molar-refractivity contribution in [1.29, 1.82) is 5.26 Å². The highest BCUT2D eigenvalue weighted by Gasteiger charge is 2.23. The van der Waals surface area contributed by atoms with Gasteiger partial charge in [-0.05, 0) is 6.92 Å². The van der Waals surface area contributed by atoms with Crippen molar-refractivity contribution in [2.45, 2.75) is 13.3 Å². The zero-order valence-electron chi connectivity index (χ0n) is 11.4. The molecule has 0 aliphatic heterocycles. The van der Waals surface area contributed by atoms with Crippen molar-refractivity contribution in [2.75, 3.05) is 31.7 Å². The van der Waals surface area contributed by atoms with E-state index in [1.54, 1.807) is 21.1 Å². The number of methoxy groups -OCH3 is 1. The monoisotopic (exact) mass is 266 g/mol. The van der Waals surface area contributed by atoms with Crippen molar-refractivity contribution in [1.82, 2.24) is 9.78 Å². The molecule has 0 atom stereocenters. The highest BCUT2D eigenvalue weighted by molar-refractivity contribution is 5.94. The minimum absolute atomic E-state index is 0.177. The molecule has 1 rings (SSSR count). The first kappa shape index (κ1) is 15.0. The molecule has 0 saturated heterocycles. The van der Waals surface area contributed by atoms with Crippen LogP contribution in [0.4, 0.5) is 5.82 Å². The predicted molar refractivity (Wildman–Crippen MR) is 69.2 cm³/mol. The molecule has 1 heterocycles. The van der Waals surface area contributed by atoms with Gasteiger partial charge in [-0.25, -0.2) is 4.79 Å². The van der Waals surface area contributed by atoms with E-state index >= 15 is 0 Å². The van der Waals surface area contributed by atoms with Crippen LogP contribution in [0, 0.1) is 18.3 Å². The van der Waals surface area contributed by atoms with Crippen LogP contribution in [-0.4, -0.2) is 47.7 Å². The van der Waals surface area contributed by atoms with E-state index in [0.29, 0.717) is 37.6 Å². The van der Waals surface area contributed by atoms with Crippen LogP contribution in [0.15, 0.2) is 0 Å². The van der Waals surface area contributed by atoms with Gasteiger partial charge in [0, 0.05) is 27.2 Å². The molecule has 0 radical (unpaired) electrons. The third kappa shape index (κ3) is 3.45. The number of aryl methyl sites for hydroxylation is 2. The highest BCUT2D eigenvalue weighted by atomic mass is 16.5. The van der Waals surface area contributed by atoms with Gasteiger partial charge in [0.2, 0.25) is 0 Å². The van der Waals surface area contributed by atoms with Crippen LogP contribution >= 0.6 is 0 Å². The lowest BCUT2D eigenvalue weighted by Crippen LogP contribution is -2.31. The summed E-state index contributed by atoms with van der Waals surface area (Å²) in [6.07, 6.45) is 0.313. The second-order valence-corrected chi connectivity index (χ2v) is 4.10. The van der Waals surface area contributed by atoms with E-state index in [-0.39, 0.29) is 5.56 Å². The lowest BCUT2D eigenvalue weighted by atomic mass is 10.2. The molecule has 0 amide bonds. The fraction of sp³-hybridized carbons (Fsp3) is 0.583. The van der Waals surface area contributed by atoms with Gasteiger partial charge in [0.1, 0.15) is 11.4 Å². The molecule has 19 heavy (non-hydrogen) atoms. The maximum absolute atomic E-state index is 11.3. The van der Waals surface area contributed by atoms with Gasteiger partial charge in [-0.3, -0.25) is 4.68 Å². The molecule has 0 aromatic carbocycles. The summed E-state index contributed by atoms with van der Waals surface area (Å²) in [7, 11) is 3.27. The quantitative estimate of drug-likeness (QED) is 0.784. The number of nitriles is 1. The Morgan fingerprint density at radius 1 is 1.58 bits per heavy atom. The molecular formula is C12H18N4O3. The van der Waals surface area contributed by atoms with Gasteiger partial charge in [0.15, 0.2) is 0 Å². The molecule has 0 saturated carbocycles. The Balaban J connectivity index is 3.13. The molecule has 1 aromatic heterocycles. The van der Waals surface area contributed by atoms with Gasteiger partial charge in [-0.1, -0.05) is 0 Å². The number of aromatic carboxylic acids is 1. The van der Waals surface area contributed by atoms with Crippen molar-refractivity contribution < 1.29 is 14.6 Å². The number of carbonyl (C=O) groups is 1. The van der Waals surface area contributed by atoms with E-state index in [2.05, 4.69) is 11.2 Å². The van der Waals surface area contributed by atoms with Crippen LogP contribution in [0.3, 0.4) is 0 Å². The van der Waals surface area contributed by atoms with E-state index in [4.69, 9.17) is 10.00 Å². The van der Waals surface area contributed by atoms with Crippen LogP contribution in [0.2, 0.25) is 0 Å². The third-order valence-electron chi connectivity index (χ3n) is 2.76. The standard InChI is InChI=1S/C12H18N4O3/c1-9-10(12(17)18)11(15(2)14-9)16(6-4-5-13)7-8-19-3/h4,6-8H2,1-3H3,(H,17,18). The minimum atomic E-state index is -1.01. The van der Waals surface area contributed by atoms with Crippen molar-refractivity contribution in [3.63, 3.8) is 0 Å². The fourth-order valence-electron chi connectivity index (χ4n) is 1.97. The largest absolute Gasteiger partial charge is 0.477 e. The molecule has 7 heteroatoms. The molecule has 1 N–H and O–H groups in total. The van der Waals surface area contributed by atoms with Gasteiger partial charge < -0.3 is 14.7 Å². The molecule has 104 valence electrons. The van der Waals surface area contributed by atoms with Crippen molar-refractivity contribution in [3.8, 4) is 6.07 Å². The van der Waals surface area contributed by atoms with E-state index in [9.17, 15) is 9.90 Å². The fourth-order valence-corrected chi connectivity index (χ4v) is 1.97. The first-order valence-electron chi connectivity index (χ1n) is 5.90. The maximum atomic E-state index is 11.3. The van der Waals surface area contributed by atoms with Crippen LogP contribution < -0.4 is 4.90 Å². The second-order valence-electron chi connectivity index (χ2n) is 4.10. The number of anilines is 1. The molecular weight excluding hydrogens is 248 g/mol. The number of rotatable bonds is 7. The Morgan fingerprint density at radius 2 is 2.26 bits per heavy atom. The molecule has 0 aliphatic carbocycles. The first-order chi connectivity index (χ1) is 9.02. The maximum Gasteiger partial charge on any atom is 0.341 e. The second kappa shape index (κ2) is 6.75. The summed E-state index contributed by atoms with van der Waals surface area (Å²) in [5.74, 6) is -0.503. The van der Waals surface area contributed by atoms with Gasteiger partial charge in [0.25, 0.3) is 0 Å². The molecule has 1 aromatic rings. The van der Waals surface area contributed by atoms with Gasteiger partial charge in [-0.15, -0.1) is 0 Å². The summed E-state index contributed by atoms with van der Waals surface area (Å²) in [6.45, 7) is 3.07. The van der Waals surface area contributed by atoms with Crippen molar-refractivity contribution in [3.05, 3.63) is 11.3 Å². The van der Waals surface area contributed by atoms with Crippen molar-refractivity contribution in [2.24, 2.45) is 7.05 Å². The average Bonchev–Trinajstić information content (AvgIpc) is 2.65. The molecule has 7 nitrogen and oxygen atoms in total. The number of hydrogen-bond donors (Lipinski definition) is 1. The summed E-state index contributed by atoms with van der Waals surface area (Å²) in [5.41, 5.74) is 0.640. The summed E-state index contributed by atoms with van der Waals surface area (Å²) in [6, 6.07) is 2.06. The topological polar surface area (TPSA) is 91.4 Å². The molecule has 0 spiro atoms. The summed E-state index contributed by atoms with van der Waals surface area (Å²) < 4.78 is 6.55. The van der Waals surface area contributed by atoms with Crippen LogP contribution in [0.5, 0.6) is 0 Å². The van der Waals surface area contributed by atoms with E-state index < -0.39 is 5.97 Å². The smallest absolute Gasteiger partial charge is 0.341 e. The number of carboxylic acids is 1. The number of aromatic nitrogens is 2. The molecule has 0 unspecified atom stereocenters. The zero-order valence-corrected chi connectivity index (χ0v) is 11.4. The Hall–Kier alpha value is -2.07. The average molecular weight is 266 g/mol. The summed E-state index contributed by atoms with van der Waals surface area (Å²) >= 11 is 0. The van der Waals surface area contributed by atoms with E-state index in [1.165, 1.54) is 4.68 Å². The number of hydrogen-bond acceptors (Lipinski definition) is 5. The summed E-state index contributed by atoms with van der Waals surface area (Å²) in [4.78, 5) is 13.1. The first-order valence-corrected chi connectivity index (χ1v) is 5.90. The Morgan fingerprint density at radius 3 is 2.79 bits per heavy atom. The Bertz CT molecular complexity index is 490. The Labute approximate surface area is 112 Å². The lowest BCUT2D eigenvalue weighted by Gasteiger charge is -2.23. The third-order valence-corrected chi connectivity index (χ3v) is 2.76. The van der Waals surface area contributed by atoms with Crippen LogP contribution in [0.25, 0.3) is 0 Å². The van der Waals surface area contributed by atoms with E-state index in [0.717, 1.165) is 0 Å². The predicted octanol–water partition coefficient (Wildman–Crippen LogP) is 0.793.